The van der Waals surface area contributed by atoms with E-state index in [4.69, 9.17) is 4.74 Å². The number of hydrogen-bond donors (Lipinski definition) is 1. The summed E-state index contributed by atoms with van der Waals surface area (Å²) in [6.07, 6.45) is 10.3. The van der Waals surface area contributed by atoms with Gasteiger partial charge in [-0.3, -0.25) is 0 Å². The van der Waals surface area contributed by atoms with E-state index < -0.39 is 0 Å². The van der Waals surface area contributed by atoms with Crippen molar-refractivity contribution in [3.05, 3.63) is 0 Å². The maximum absolute atomic E-state index is 12.9. The van der Waals surface area contributed by atoms with Crippen LogP contribution in [-0.4, -0.2) is 41.8 Å². The van der Waals surface area contributed by atoms with Gasteiger partial charge in [-0.1, -0.05) is 0 Å². The molecule has 2 aliphatic heterocycles. The molecule has 2 unspecified atom stereocenters. The van der Waals surface area contributed by atoms with Gasteiger partial charge in [0.15, 0.2) is 0 Å². The van der Waals surface area contributed by atoms with Crippen LogP contribution >= 0.6 is 0 Å². The van der Waals surface area contributed by atoms with Crippen LogP contribution in [0.4, 0.5) is 4.79 Å². The van der Waals surface area contributed by atoms with Crippen molar-refractivity contribution in [3.63, 3.8) is 0 Å². The second-order valence-corrected chi connectivity index (χ2v) is 8.46. The van der Waals surface area contributed by atoms with Gasteiger partial charge in [-0.25, -0.2) is 4.79 Å². The number of amides is 2. The molecule has 6 aliphatic rings. The van der Waals surface area contributed by atoms with Crippen LogP contribution in [0.3, 0.4) is 0 Å². The molecule has 6 fully saturated rings. The van der Waals surface area contributed by atoms with Crippen molar-refractivity contribution >= 4 is 6.03 Å². The Morgan fingerprint density at radius 1 is 0.952 bits per heavy atom. The number of fused-ring (bicyclic) bond motifs is 2. The molecule has 6 rings (SSSR count). The van der Waals surface area contributed by atoms with Crippen LogP contribution in [-0.2, 0) is 4.74 Å². The van der Waals surface area contributed by atoms with Crippen molar-refractivity contribution in [2.24, 2.45) is 17.8 Å². The van der Waals surface area contributed by atoms with Crippen LogP contribution in [0.25, 0.3) is 0 Å². The van der Waals surface area contributed by atoms with E-state index in [2.05, 4.69) is 10.2 Å². The third kappa shape index (κ3) is 1.94. The van der Waals surface area contributed by atoms with Gasteiger partial charge in [-0.05, 0) is 69.1 Å². The van der Waals surface area contributed by atoms with Gasteiger partial charge < -0.3 is 15.0 Å². The van der Waals surface area contributed by atoms with Crippen molar-refractivity contribution < 1.29 is 9.53 Å². The Labute approximate surface area is 126 Å². The maximum Gasteiger partial charge on any atom is 0.318 e. The number of carbonyl (C=O) groups is 1. The summed E-state index contributed by atoms with van der Waals surface area (Å²) in [7, 11) is 0. The van der Waals surface area contributed by atoms with Crippen LogP contribution in [0.15, 0.2) is 0 Å². The smallest absolute Gasteiger partial charge is 0.318 e. The predicted molar refractivity (Wildman–Crippen MR) is 78.9 cm³/mol. The van der Waals surface area contributed by atoms with Gasteiger partial charge in [0.05, 0.1) is 25.3 Å². The molecule has 4 aliphatic carbocycles. The number of rotatable bonds is 1. The van der Waals surface area contributed by atoms with Gasteiger partial charge in [0.2, 0.25) is 0 Å². The quantitative estimate of drug-likeness (QED) is 0.806. The zero-order chi connectivity index (χ0) is 14.0. The molecule has 1 N–H and O–H groups in total. The van der Waals surface area contributed by atoms with E-state index in [-0.39, 0.29) is 11.6 Å². The minimum absolute atomic E-state index is 0.142. The molecule has 4 nitrogen and oxygen atoms in total. The fraction of sp³-hybridized carbons (Fsp3) is 0.941. The van der Waals surface area contributed by atoms with Gasteiger partial charge in [0, 0.05) is 5.54 Å². The summed E-state index contributed by atoms with van der Waals surface area (Å²) in [5.74, 6) is 2.66. The highest BCUT2D eigenvalue weighted by Gasteiger charge is 2.52. The van der Waals surface area contributed by atoms with Crippen molar-refractivity contribution in [1.82, 2.24) is 10.2 Å². The summed E-state index contributed by atoms with van der Waals surface area (Å²) in [5, 5.41) is 3.53. The van der Waals surface area contributed by atoms with E-state index in [0.717, 1.165) is 43.8 Å². The molecule has 0 spiro atoms. The molecular weight excluding hydrogens is 264 g/mol. The van der Waals surface area contributed by atoms with E-state index in [1.807, 2.05) is 0 Å². The highest BCUT2D eigenvalue weighted by molar-refractivity contribution is 5.76. The molecule has 21 heavy (non-hydrogen) atoms. The molecule has 2 heterocycles. The fourth-order valence-electron chi connectivity index (χ4n) is 6.52. The molecule has 2 saturated heterocycles. The first kappa shape index (κ1) is 12.7. The first-order valence-electron chi connectivity index (χ1n) is 8.89. The highest BCUT2D eigenvalue weighted by Crippen LogP contribution is 2.55. The van der Waals surface area contributed by atoms with Crippen LogP contribution in [0.1, 0.15) is 51.4 Å². The Balaban J connectivity index is 1.34. The average molecular weight is 290 g/mol. The van der Waals surface area contributed by atoms with E-state index >= 15 is 0 Å². The molecule has 4 heteroatoms. The average Bonchev–Trinajstić information content (AvgIpc) is 2.67. The van der Waals surface area contributed by atoms with Crippen molar-refractivity contribution in [1.29, 1.82) is 0 Å². The van der Waals surface area contributed by atoms with Gasteiger partial charge in [0.25, 0.3) is 0 Å². The molecule has 4 saturated carbocycles. The molecule has 0 aromatic carbocycles. The third-order valence-electron chi connectivity index (χ3n) is 6.89. The summed E-state index contributed by atoms with van der Waals surface area (Å²) < 4.78 is 5.61. The third-order valence-corrected chi connectivity index (χ3v) is 6.89. The van der Waals surface area contributed by atoms with E-state index in [1.165, 1.54) is 38.5 Å². The standard InChI is InChI=1S/C17H26N2O2/c20-16(19-14-1-2-15(19)10-21-9-14)18-17-6-11-3-12(7-17)5-13(4-11)8-17/h11-15H,1-10H2,(H,18,20). The van der Waals surface area contributed by atoms with E-state index in [1.54, 1.807) is 0 Å². The van der Waals surface area contributed by atoms with E-state index in [9.17, 15) is 4.79 Å². The second-order valence-electron chi connectivity index (χ2n) is 8.46. The minimum atomic E-state index is 0.142. The lowest BCUT2D eigenvalue weighted by Crippen LogP contribution is -2.64. The Morgan fingerprint density at radius 2 is 1.48 bits per heavy atom. The number of nitrogens with one attached hydrogen (secondary N) is 1. The maximum atomic E-state index is 12.9. The lowest BCUT2D eigenvalue weighted by Gasteiger charge is -2.57. The van der Waals surface area contributed by atoms with Crippen LogP contribution in [0.2, 0.25) is 0 Å². The number of nitrogens with zero attached hydrogens (tertiary/aromatic N) is 1. The minimum Gasteiger partial charge on any atom is -0.377 e. The molecule has 0 aromatic rings. The fourth-order valence-corrected chi connectivity index (χ4v) is 6.52. The number of ether oxygens (including phenoxy) is 1. The molecule has 6 bridgehead atoms. The van der Waals surface area contributed by atoms with Crippen molar-refractivity contribution in [3.8, 4) is 0 Å². The van der Waals surface area contributed by atoms with Gasteiger partial charge in [0.1, 0.15) is 0 Å². The van der Waals surface area contributed by atoms with E-state index in [0.29, 0.717) is 12.1 Å². The lowest BCUT2D eigenvalue weighted by molar-refractivity contribution is -0.0259. The summed E-state index contributed by atoms with van der Waals surface area (Å²) in [4.78, 5) is 15.0. The van der Waals surface area contributed by atoms with Crippen LogP contribution in [0.5, 0.6) is 0 Å². The molecular formula is C17H26N2O2. The van der Waals surface area contributed by atoms with Gasteiger partial charge in [-0.15, -0.1) is 0 Å². The Morgan fingerprint density at radius 3 is 2.00 bits per heavy atom. The lowest BCUT2D eigenvalue weighted by atomic mass is 9.53. The Kier molecular flexibility index (Phi) is 2.65. The number of urea groups is 1. The zero-order valence-corrected chi connectivity index (χ0v) is 12.7. The van der Waals surface area contributed by atoms with Gasteiger partial charge >= 0.3 is 6.03 Å². The topological polar surface area (TPSA) is 41.6 Å². The highest BCUT2D eigenvalue weighted by atomic mass is 16.5. The normalized spacial score (nSPS) is 50.5. The predicted octanol–water partition coefficient (Wildman–Crippen LogP) is 2.53. The molecule has 0 aromatic heterocycles. The Hall–Kier alpha value is -0.770. The Bertz CT molecular complexity index is 412. The van der Waals surface area contributed by atoms with Crippen molar-refractivity contribution in [2.75, 3.05) is 13.2 Å². The van der Waals surface area contributed by atoms with Gasteiger partial charge in [-0.2, -0.15) is 0 Å². The molecule has 116 valence electrons. The van der Waals surface area contributed by atoms with Crippen molar-refractivity contribution in [2.45, 2.75) is 69.0 Å². The molecule has 0 radical (unpaired) electrons. The zero-order valence-electron chi connectivity index (χ0n) is 12.7. The first-order chi connectivity index (χ1) is 10.2. The number of hydrogen-bond acceptors (Lipinski definition) is 2. The van der Waals surface area contributed by atoms with Crippen LogP contribution < -0.4 is 5.32 Å². The second kappa shape index (κ2) is 4.37. The molecule has 2 atom stereocenters. The first-order valence-corrected chi connectivity index (χ1v) is 8.89. The number of morpholine rings is 1. The summed E-state index contributed by atoms with van der Waals surface area (Å²) in [6, 6.07) is 0.878. The molecule has 2 amide bonds. The largest absolute Gasteiger partial charge is 0.377 e. The summed E-state index contributed by atoms with van der Waals surface area (Å²) >= 11 is 0. The summed E-state index contributed by atoms with van der Waals surface area (Å²) in [6.45, 7) is 1.48. The number of carbonyl (C=O) groups excluding carboxylic acids is 1. The van der Waals surface area contributed by atoms with Crippen LogP contribution in [0, 0.1) is 17.8 Å². The SMILES string of the molecule is O=C(NC12CC3CC(CC(C3)C1)C2)N1C2CCC1COC2. The monoisotopic (exact) mass is 290 g/mol. The summed E-state index contributed by atoms with van der Waals surface area (Å²) in [5.41, 5.74) is 0.142.